The minimum atomic E-state index is -1.29. The molecule has 2 amide bonds. The highest BCUT2D eigenvalue weighted by atomic mass is 16.5. The second-order valence-corrected chi connectivity index (χ2v) is 8.40. The third-order valence-electron chi connectivity index (χ3n) is 6.34. The number of rotatable bonds is 8. The topological polar surface area (TPSA) is 84.9 Å². The molecule has 2 aromatic rings. The fourth-order valence-corrected chi connectivity index (χ4v) is 4.59. The molecular formula is C27H30N2O5. The monoisotopic (exact) mass is 462 g/mol. The number of carbonyl (C=O) groups is 3. The third kappa shape index (κ3) is 5.57. The van der Waals surface area contributed by atoms with Gasteiger partial charge in [-0.1, -0.05) is 42.5 Å². The van der Waals surface area contributed by atoms with Crippen LogP contribution in [-0.2, 0) is 32.2 Å². The minimum Gasteiger partial charge on any atom is -0.497 e. The van der Waals surface area contributed by atoms with E-state index in [1.54, 1.807) is 19.2 Å². The Kier molecular flexibility index (Phi) is 8.31. The molecule has 0 radical (unpaired) electrons. The van der Waals surface area contributed by atoms with Crippen molar-refractivity contribution < 1.29 is 23.9 Å². The summed E-state index contributed by atoms with van der Waals surface area (Å²) in [5.74, 6) is 0.958. The van der Waals surface area contributed by atoms with Crippen molar-refractivity contribution >= 4 is 17.8 Å². The first-order valence-electron chi connectivity index (χ1n) is 11.2. The molecule has 0 aliphatic heterocycles. The summed E-state index contributed by atoms with van der Waals surface area (Å²) in [7, 11) is 2.89. The van der Waals surface area contributed by atoms with Crippen molar-refractivity contribution in [2.24, 2.45) is 5.92 Å². The number of nitrogens with one attached hydrogen (secondary N) is 1. The molecule has 2 unspecified atom stereocenters. The van der Waals surface area contributed by atoms with E-state index in [0.717, 1.165) is 11.1 Å². The average Bonchev–Trinajstić information content (AvgIpc) is 2.90. The zero-order chi connectivity index (χ0) is 24.6. The third-order valence-corrected chi connectivity index (χ3v) is 6.34. The molecule has 3 rings (SSSR count). The number of ether oxygens (including phenoxy) is 2. The molecule has 0 spiro atoms. The number of hydrogen-bond donors (Lipinski definition) is 1. The average molecular weight is 463 g/mol. The largest absolute Gasteiger partial charge is 0.497 e. The number of nitrogens with zero attached hydrogens (tertiary/aromatic N) is 1. The molecule has 178 valence electrons. The highest BCUT2D eigenvalue weighted by Gasteiger charge is 2.50. The van der Waals surface area contributed by atoms with E-state index in [1.165, 1.54) is 12.0 Å². The lowest BCUT2D eigenvalue weighted by Crippen LogP contribution is -2.62. The summed E-state index contributed by atoms with van der Waals surface area (Å²) in [6, 6.07) is 16.8. The van der Waals surface area contributed by atoms with Crippen LogP contribution < -0.4 is 10.1 Å². The minimum absolute atomic E-state index is 0.104. The van der Waals surface area contributed by atoms with Crippen LogP contribution >= 0.6 is 0 Å². The molecule has 7 heteroatoms. The molecule has 1 fully saturated rings. The quantitative estimate of drug-likeness (QED) is 0.481. The summed E-state index contributed by atoms with van der Waals surface area (Å²) in [4.78, 5) is 40.7. The molecule has 2 aromatic carbocycles. The number of benzene rings is 2. The maximum Gasteiger partial charge on any atom is 0.308 e. The van der Waals surface area contributed by atoms with E-state index < -0.39 is 23.3 Å². The van der Waals surface area contributed by atoms with Gasteiger partial charge in [0.1, 0.15) is 11.3 Å². The Morgan fingerprint density at radius 1 is 1.12 bits per heavy atom. The molecule has 1 aliphatic carbocycles. The second-order valence-electron chi connectivity index (χ2n) is 8.40. The fraction of sp³-hybridized carbons (Fsp3) is 0.370. The van der Waals surface area contributed by atoms with Gasteiger partial charge in [0, 0.05) is 13.1 Å². The summed E-state index contributed by atoms with van der Waals surface area (Å²) in [5.41, 5.74) is 0.394. The highest BCUT2D eigenvalue weighted by Crippen LogP contribution is 2.39. The van der Waals surface area contributed by atoms with E-state index in [9.17, 15) is 14.4 Å². The van der Waals surface area contributed by atoms with Crippen LogP contribution in [0, 0.1) is 18.3 Å². The zero-order valence-electron chi connectivity index (χ0n) is 19.6. The first-order valence-corrected chi connectivity index (χ1v) is 11.2. The molecule has 2 atom stereocenters. The molecule has 1 aliphatic rings. The van der Waals surface area contributed by atoms with Gasteiger partial charge in [0.05, 0.1) is 20.1 Å². The van der Waals surface area contributed by atoms with Crippen LogP contribution in [0.2, 0.25) is 0 Å². The Morgan fingerprint density at radius 3 is 2.53 bits per heavy atom. The van der Waals surface area contributed by atoms with Crippen LogP contribution in [0.25, 0.3) is 0 Å². The van der Waals surface area contributed by atoms with Gasteiger partial charge >= 0.3 is 5.97 Å². The van der Waals surface area contributed by atoms with Crippen LogP contribution in [0.1, 0.15) is 36.8 Å². The maximum atomic E-state index is 13.8. The van der Waals surface area contributed by atoms with Crippen LogP contribution in [0.5, 0.6) is 5.75 Å². The van der Waals surface area contributed by atoms with E-state index in [4.69, 9.17) is 15.9 Å². The van der Waals surface area contributed by atoms with Gasteiger partial charge in [0.2, 0.25) is 5.91 Å². The Hall–Kier alpha value is -3.79. The van der Waals surface area contributed by atoms with Gasteiger partial charge in [0.15, 0.2) is 0 Å². The van der Waals surface area contributed by atoms with Crippen LogP contribution in [-0.4, -0.2) is 42.4 Å². The van der Waals surface area contributed by atoms with E-state index in [1.807, 2.05) is 42.5 Å². The van der Waals surface area contributed by atoms with Gasteiger partial charge in [-0.05, 0) is 54.9 Å². The number of terminal acetylenes is 1. The fourth-order valence-electron chi connectivity index (χ4n) is 4.59. The zero-order valence-corrected chi connectivity index (χ0v) is 19.6. The maximum absolute atomic E-state index is 13.8. The lowest BCUT2D eigenvalue weighted by Gasteiger charge is -2.46. The predicted molar refractivity (Wildman–Crippen MR) is 127 cm³/mol. The molecule has 7 nitrogen and oxygen atoms in total. The summed E-state index contributed by atoms with van der Waals surface area (Å²) in [6.45, 7) is 0.397. The van der Waals surface area contributed by atoms with Crippen molar-refractivity contribution in [1.82, 2.24) is 10.2 Å². The summed E-state index contributed by atoms with van der Waals surface area (Å²) in [5, 5.41) is 2.98. The molecule has 1 saturated carbocycles. The number of hydrogen-bond acceptors (Lipinski definition) is 5. The summed E-state index contributed by atoms with van der Waals surface area (Å²) in [6.07, 6.45) is 7.22. The molecule has 0 aromatic heterocycles. The SMILES string of the molecule is C#CC(=O)N(Cc1cccc(OC)c1)C1(C(=O)NCc2ccccc2)CCCC(C(=O)OC)C1. The Bertz CT molecular complexity index is 1060. The van der Waals surface area contributed by atoms with Gasteiger partial charge in [-0.3, -0.25) is 14.4 Å². The Balaban J connectivity index is 1.99. The first kappa shape index (κ1) is 24.8. The number of amides is 2. The normalized spacial score (nSPS) is 19.4. The van der Waals surface area contributed by atoms with Crippen LogP contribution in [0.15, 0.2) is 54.6 Å². The Labute approximate surface area is 200 Å². The second kappa shape index (κ2) is 11.4. The molecular weight excluding hydrogens is 432 g/mol. The van der Waals surface area contributed by atoms with E-state index >= 15 is 0 Å². The molecule has 1 N–H and O–H groups in total. The number of carbonyl (C=O) groups excluding carboxylic acids is 3. The van der Waals surface area contributed by atoms with Gasteiger partial charge in [0.25, 0.3) is 5.91 Å². The summed E-state index contributed by atoms with van der Waals surface area (Å²) < 4.78 is 10.3. The van der Waals surface area contributed by atoms with Crippen LogP contribution in [0.4, 0.5) is 0 Å². The first-order chi connectivity index (χ1) is 16.4. The summed E-state index contributed by atoms with van der Waals surface area (Å²) >= 11 is 0. The number of methoxy groups -OCH3 is 2. The highest BCUT2D eigenvalue weighted by molar-refractivity contribution is 5.99. The van der Waals surface area contributed by atoms with Crippen molar-refractivity contribution in [2.45, 2.75) is 44.3 Å². The standard InChI is InChI=1S/C27H30N2O5/c1-4-24(30)29(19-21-12-8-14-23(16-21)33-2)27(15-9-13-22(17-27)25(31)34-3)26(32)28-18-20-10-6-5-7-11-20/h1,5-8,10-12,14,16,22H,9,13,15,17-19H2,2-3H3,(H,28,32). The molecule has 0 saturated heterocycles. The molecule has 0 bridgehead atoms. The predicted octanol–water partition coefficient (Wildman–Crippen LogP) is 3.08. The lowest BCUT2D eigenvalue weighted by molar-refractivity contribution is -0.156. The molecule has 34 heavy (non-hydrogen) atoms. The van der Waals surface area contributed by atoms with E-state index in [0.29, 0.717) is 31.6 Å². The van der Waals surface area contributed by atoms with E-state index in [2.05, 4.69) is 11.2 Å². The number of esters is 1. The van der Waals surface area contributed by atoms with Crippen molar-refractivity contribution in [1.29, 1.82) is 0 Å². The van der Waals surface area contributed by atoms with Gasteiger partial charge in [-0.15, -0.1) is 6.42 Å². The smallest absolute Gasteiger partial charge is 0.308 e. The van der Waals surface area contributed by atoms with Crippen LogP contribution in [0.3, 0.4) is 0 Å². The van der Waals surface area contributed by atoms with Gasteiger partial charge < -0.3 is 19.7 Å². The Morgan fingerprint density at radius 2 is 1.85 bits per heavy atom. The van der Waals surface area contributed by atoms with Crippen molar-refractivity contribution in [3.63, 3.8) is 0 Å². The van der Waals surface area contributed by atoms with Crippen molar-refractivity contribution in [3.05, 3.63) is 65.7 Å². The lowest BCUT2D eigenvalue weighted by atomic mass is 9.73. The van der Waals surface area contributed by atoms with Gasteiger partial charge in [-0.25, -0.2) is 0 Å². The van der Waals surface area contributed by atoms with Gasteiger partial charge in [-0.2, -0.15) is 0 Å². The van der Waals surface area contributed by atoms with Crippen molar-refractivity contribution in [2.75, 3.05) is 14.2 Å². The molecule has 0 heterocycles. The van der Waals surface area contributed by atoms with E-state index in [-0.39, 0.29) is 18.9 Å². The van der Waals surface area contributed by atoms with Crippen molar-refractivity contribution in [3.8, 4) is 18.1 Å².